The lowest BCUT2D eigenvalue weighted by Gasteiger charge is -2.31. The van der Waals surface area contributed by atoms with E-state index in [2.05, 4.69) is 0 Å². The average Bonchev–Trinajstić information content (AvgIpc) is 2.63. The highest BCUT2D eigenvalue weighted by atomic mass is 16.3. The van der Waals surface area contributed by atoms with Gasteiger partial charge in [0.2, 0.25) is 5.91 Å². The number of likely N-dealkylation sites (tertiary alicyclic amines) is 1. The first-order chi connectivity index (χ1) is 8.20. The summed E-state index contributed by atoms with van der Waals surface area (Å²) in [6.45, 7) is 7.29. The van der Waals surface area contributed by atoms with Crippen molar-refractivity contribution in [2.45, 2.75) is 45.6 Å². The molecule has 1 N–H and O–H groups in total. The lowest BCUT2D eigenvalue weighted by Crippen LogP contribution is -2.48. The van der Waals surface area contributed by atoms with Crippen molar-refractivity contribution in [1.29, 1.82) is 0 Å². The molecule has 17 heavy (non-hydrogen) atoms. The van der Waals surface area contributed by atoms with Crippen LogP contribution < -0.4 is 0 Å². The van der Waals surface area contributed by atoms with Crippen molar-refractivity contribution < 1.29 is 9.90 Å². The molecular formula is C13H26N2O2. The van der Waals surface area contributed by atoms with E-state index >= 15 is 0 Å². The van der Waals surface area contributed by atoms with E-state index in [0.29, 0.717) is 6.54 Å². The summed E-state index contributed by atoms with van der Waals surface area (Å²) < 4.78 is 0. The normalized spacial score (nSPS) is 19.2. The summed E-state index contributed by atoms with van der Waals surface area (Å²) in [6.07, 6.45) is 4.74. The predicted molar refractivity (Wildman–Crippen MR) is 68.8 cm³/mol. The first-order valence-corrected chi connectivity index (χ1v) is 6.84. The minimum Gasteiger partial charge on any atom is -0.395 e. The highest BCUT2D eigenvalue weighted by Gasteiger charge is 2.25. The van der Waals surface area contributed by atoms with Gasteiger partial charge in [-0.15, -0.1) is 0 Å². The Balaban J connectivity index is 2.53. The SMILES string of the molecule is CCN(CCO)C(C)C(=O)N1CCCCCC1. The quantitative estimate of drug-likeness (QED) is 0.785. The van der Waals surface area contributed by atoms with Gasteiger partial charge in [-0.1, -0.05) is 19.8 Å². The summed E-state index contributed by atoms with van der Waals surface area (Å²) in [5.41, 5.74) is 0. The average molecular weight is 242 g/mol. The molecule has 0 bridgehead atoms. The van der Waals surface area contributed by atoms with E-state index in [4.69, 9.17) is 5.11 Å². The molecule has 1 rings (SSSR count). The second kappa shape index (κ2) is 7.67. The van der Waals surface area contributed by atoms with Crippen LogP contribution in [0.5, 0.6) is 0 Å². The molecule has 0 aliphatic carbocycles. The number of carbonyl (C=O) groups excluding carboxylic acids is 1. The third-order valence-corrected chi connectivity index (χ3v) is 3.62. The van der Waals surface area contributed by atoms with Crippen LogP contribution in [-0.2, 0) is 4.79 Å². The molecule has 0 aromatic rings. The van der Waals surface area contributed by atoms with E-state index in [0.717, 1.165) is 32.5 Å². The molecule has 1 atom stereocenters. The van der Waals surface area contributed by atoms with Crippen LogP contribution >= 0.6 is 0 Å². The van der Waals surface area contributed by atoms with Gasteiger partial charge in [-0.25, -0.2) is 0 Å². The lowest BCUT2D eigenvalue weighted by molar-refractivity contribution is -0.136. The second-order valence-corrected chi connectivity index (χ2v) is 4.77. The molecule has 1 aliphatic rings. The van der Waals surface area contributed by atoms with Crippen LogP contribution in [0.3, 0.4) is 0 Å². The van der Waals surface area contributed by atoms with E-state index in [9.17, 15) is 4.79 Å². The molecule has 0 radical (unpaired) electrons. The monoisotopic (exact) mass is 242 g/mol. The molecule has 1 amide bonds. The number of rotatable bonds is 5. The third kappa shape index (κ3) is 4.28. The largest absolute Gasteiger partial charge is 0.395 e. The fourth-order valence-corrected chi connectivity index (χ4v) is 2.47. The molecule has 0 spiro atoms. The number of nitrogens with zero attached hydrogens (tertiary/aromatic N) is 2. The molecule has 4 nitrogen and oxygen atoms in total. The predicted octanol–water partition coefficient (Wildman–Crippen LogP) is 1.09. The Morgan fingerprint density at radius 1 is 1.29 bits per heavy atom. The molecule has 1 fully saturated rings. The van der Waals surface area contributed by atoms with Gasteiger partial charge in [0.15, 0.2) is 0 Å². The number of hydrogen-bond donors (Lipinski definition) is 1. The van der Waals surface area contributed by atoms with Crippen LogP contribution in [-0.4, -0.2) is 59.6 Å². The van der Waals surface area contributed by atoms with Crippen molar-refractivity contribution in [2.24, 2.45) is 0 Å². The molecule has 0 aromatic carbocycles. The number of hydrogen-bond acceptors (Lipinski definition) is 3. The Labute approximate surface area is 105 Å². The summed E-state index contributed by atoms with van der Waals surface area (Å²) in [4.78, 5) is 16.4. The van der Waals surface area contributed by atoms with Gasteiger partial charge < -0.3 is 10.0 Å². The lowest BCUT2D eigenvalue weighted by atomic mass is 10.2. The number of amides is 1. The number of aliphatic hydroxyl groups is 1. The van der Waals surface area contributed by atoms with E-state index < -0.39 is 0 Å². The Hall–Kier alpha value is -0.610. The summed E-state index contributed by atoms with van der Waals surface area (Å²) >= 11 is 0. The molecule has 1 heterocycles. The molecule has 0 saturated carbocycles. The van der Waals surface area contributed by atoms with Crippen LogP contribution in [0, 0.1) is 0 Å². The Morgan fingerprint density at radius 2 is 1.88 bits per heavy atom. The molecule has 100 valence electrons. The van der Waals surface area contributed by atoms with Gasteiger partial charge >= 0.3 is 0 Å². The van der Waals surface area contributed by atoms with Crippen molar-refractivity contribution in [1.82, 2.24) is 9.80 Å². The highest BCUT2D eigenvalue weighted by Crippen LogP contribution is 2.12. The summed E-state index contributed by atoms with van der Waals surface area (Å²) in [5.74, 6) is 0.224. The Morgan fingerprint density at radius 3 is 2.35 bits per heavy atom. The first-order valence-electron chi connectivity index (χ1n) is 6.84. The number of likely N-dealkylation sites (N-methyl/N-ethyl adjacent to an activating group) is 1. The summed E-state index contributed by atoms with van der Waals surface area (Å²) in [7, 11) is 0. The van der Waals surface area contributed by atoms with Gasteiger partial charge in [0.1, 0.15) is 0 Å². The fraction of sp³-hybridized carbons (Fsp3) is 0.923. The maximum Gasteiger partial charge on any atom is 0.239 e. The zero-order valence-electron chi connectivity index (χ0n) is 11.2. The molecule has 0 aromatic heterocycles. The van der Waals surface area contributed by atoms with Crippen LogP contribution in [0.25, 0.3) is 0 Å². The van der Waals surface area contributed by atoms with Gasteiger partial charge in [0.05, 0.1) is 12.6 Å². The molecular weight excluding hydrogens is 216 g/mol. The van der Waals surface area contributed by atoms with Gasteiger partial charge in [-0.3, -0.25) is 9.69 Å². The van der Waals surface area contributed by atoms with Crippen molar-refractivity contribution in [2.75, 3.05) is 32.8 Å². The van der Waals surface area contributed by atoms with Crippen molar-refractivity contribution in [3.8, 4) is 0 Å². The van der Waals surface area contributed by atoms with Crippen molar-refractivity contribution in [3.05, 3.63) is 0 Å². The third-order valence-electron chi connectivity index (χ3n) is 3.62. The maximum absolute atomic E-state index is 12.3. The maximum atomic E-state index is 12.3. The topological polar surface area (TPSA) is 43.8 Å². The smallest absolute Gasteiger partial charge is 0.239 e. The van der Waals surface area contributed by atoms with E-state index in [1.807, 2.05) is 23.6 Å². The molecule has 1 aliphatic heterocycles. The standard InChI is InChI=1S/C13H26N2O2/c1-3-14(10-11-16)12(2)13(17)15-8-6-4-5-7-9-15/h12,16H,3-11H2,1-2H3. The second-order valence-electron chi connectivity index (χ2n) is 4.77. The van der Waals surface area contributed by atoms with Gasteiger partial charge in [0, 0.05) is 19.6 Å². The van der Waals surface area contributed by atoms with Gasteiger partial charge in [0.25, 0.3) is 0 Å². The van der Waals surface area contributed by atoms with Gasteiger partial charge in [-0.2, -0.15) is 0 Å². The zero-order chi connectivity index (χ0) is 12.7. The molecule has 4 heteroatoms. The molecule has 1 saturated heterocycles. The minimum absolute atomic E-state index is 0.106. The van der Waals surface area contributed by atoms with Crippen LogP contribution in [0.4, 0.5) is 0 Å². The number of carbonyl (C=O) groups is 1. The van der Waals surface area contributed by atoms with E-state index in [-0.39, 0.29) is 18.6 Å². The van der Waals surface area contributed by atoms with E-state index in [1.54, 1.807) is 0 Å². The Kier molecular flexibility index (Phi) is 6.52. The zero-order valence-corrected chi connectivity index (χ0v) is 11.2. The van der Waals surface area contributed by atoms with Crippen molar-refractivity contribution >= 4 is 5.91 Å². The van der Waals surface area contributed by atoms with E-state index in [1.165, 1.54) is 12.8 Å². The van der Waals surface area contributed by atoms with Crippen LogP contribution in [0.2, 0.25) is 0 Å². The highest BCUT2D eigenvalue weighted by molar-refractivity contribution is 5.81. The summed E-state index contributed by atoms with van der Waals surface area (Å²) in [5, 5.41) is 8.99. The van der Waals surface area contributed by atoms with Crippen molar-refractivity contribution in [3.63, 3.8) is 0 Å². The Bertz CT molecular complexity index is 225. The first kappa shape index (κ1) is 14.5. The van der Waals surface area contributed by atoms with Gasteiger partial charge in [-0.05, 0) is 26.3 Å². The fourth-order valence-electron chi connectivity index (χ4n) is 2.47. The van der Waals surface area contributed by atoms with Crippen LogP contribution in [0.15, 0.2) is 0 Å². The van der Waals surface area contributed by atoms with Crippen LogP contribution in [0.1, 0.15) is 39.5 Å². The summed E-state index contributed by atoms with van der Waals surface area (Å²) in [6, 6.07) is -0.106. The minimum atomic E-state index is -0.106. The number of aliphatic hydroxyl groups excluding tert-OH is 1. The molecule has 1 unspecified atom stereocenters.